The fourth-order valence-corrected chi connectivity index (χ4v) is 6.06. The van der Waals surface area contributed by atoms with Gasteiger partial charge in [0, 0.05) is 34.4 Å². The van der Waals surface area contributed by atoms with Crippen LogP contribution in [0.4, 0.5) is 4.39 Å². The minimum absolute atomic E-state index is 0.0721. The van der Waals surface area contributed by atoms with Crippen LogP contribution in [0.1, 0.15) is 86.2 Å². The summed E-state index contributed by atoms with van der Waals surface area (Å²) in [6.45, 7) is 7.76. The molecule has 232 valence electrons. The second-order valence-electron chi connectivity index (χ2n) is 11.8. The van der Waals surface area contributed by atoms with E-state index >= 15 is 0 Å². The minimum Gasteiger partial charge on any atom is -0.478 e. The molecule has 0 radical (unpaired) electrons. The van der Waals surface area contributed by atoms with Gasteiger partial charge in [-0.3, -0.25) is 14.4 Å². The summed E-state index contributed by atoms with van der Waals surface area (Å²) in [6, 6.07) is 13.0. The molecule has 10 heteroatoms. The molecule has 0 saturated carbocycles. The average Bonchev–Trinajstić information content (AvgIpc) is 2.96. The number of amides is 1. The van der Waals surface area contributed by atoms with Crippen LogP contribution in [0.25, 0.3) is 0 Å². The van der Waals surface area contributed by atoms with Crippen LogP contribution in [0.15, 0.2) is 54.6 Å². The first-order valence-electron chi connectivity index (χ1n) is 14.2. The highest BCUT2D eigenvalue weighted by Crippen LogP contribution is 2.41. The van der Waals surface area contributed by atoms with Gasteiger partial charge in [0.1, 0.15) is 23.1 Å². The lowest BCUT2D eigenvalue weighted by Gasteiger charge is -2.28. The highest BCUT2D eigenvalue weighted by Gasteiger charge is 2.38. The van der Waals surface area contributed by atoms with Crippen molar-refractivity contribution in [2.75, 3.05) is 0 Å². The summed E-state index contributed by atoms with van der Waals surface area (Å²) < 4.78 is 20.4. The van der Waals surface area contributed by atoms with Crippen LogP contribution < -0.4 is 10.1 Å². The van der Waals surface area contributed by atoms with Crippen LogP contribution in [0, 0.1) is 18.7 Å². The number of rotatable bonds is 6. The summed E-state index contributed by atoms with van der Waals surface area (Å²) in [6.07, 6.45) is -0.575. The predicted molar refractivity (Wildman–Crippen MR) is 166 cm³/mol. The van der Waals surface area contributed by atoms with Gasteiger partial charge in [-0.05, 0) is 98.3 Å². The molecule has 4 unspecified atom stereocenters. The summed E-state index contributed by atoms with van der Waals surface area (Å²) in [5.41, 5.74) is 1.05. The van der Waals surface area contributed by atoms with Crippen molar-refractivity contribution in [1.82, 2.24) is 5.32 Å². The molecule has 3 aromatic carbocycles. The van der Waals surface area contributed by atoms with E-state index in [9.17, 15) is 28.7 Å². The number of hydrogen-bond donors (Lipinski definition) is 2. The van der Waals surface area contributed by atoms with E-state index in [0.29, 0.717) is 21.7 Å². The number of ether oxygens (including phenoxy) is 1. The van der Waals surface area contributed by atoms with Gasteiger partial charge in [0.05, 0.1) is 12.0 Å². The molecule has 1 aliphatic heterocycles. The van der Waals surface area contributed by atoms with Gasteiger partial charge >= 0.3 is 5.97 Å². The third-order valence-electron chi connectivity index (χ3n) is 8.26. The van der Waals surface area contributed by atoms with Gasteiger partial charge in [0.25, 0.3) is 0 Å². The SMILES string of the molecule is CC(=O)C1CC(=O)C(c2cc(Cl)ccc2OC(C)(C)C(=O)O)CC(=O)NC(c2cc(F)ccc2C)c2ccc(Cl)cc2C1C. The summed E-state index contributed by atoms with van der Waals surface area (Å²) in [7, 11) is 0. The zero-order valence-corrected chi connectivity index (χ0v) is 26.6. The lowest BCUT2D eigenvalue weighted by atomic mass is 9.76. The number of aryl methyl sites for hydroxylation is 1. The Morgan fingerprint density at radius 2 is 1.57 bits per heavy atom. The Labute approximate surface area is 265 Å². The van der Waals surface area contributed by atoms with Gasteiger partial charge in [-0.2, -0.15) is 0 Å². The van der Waals surface area contributed by atoms with Crippen molar-refractivity contribution in [3.05, 3.63) is 98.3 Å². The molecule has 0 fully saturated rings. The Morgan fingerprint density at radius 1 is 0.932 bits per heavy atom. The molecule has 0 aliphatic carbocycles. The molecule has 2 N–H and O–H groups in total. The van der Waals surface area contributed by atoms with E-state index in [1.807, 2.05) is 6.92 Å². The van der Waals surface area contributed by atoms with Gasteiger partial charge in [0.15, 0.2) is 5.60 Å². The average molecular weight is 643 g/mol. The molecule has 1 aliphatic rings. The predicted octanol–water partition coefficient (Wildman–Crippen LogP) is 7.34. The third kappa shape index (κ3) is 7.13. The lowest BCUT2D eigenvalue weighted by molar-refractivity contribution is -0.152. The van der Waals surface area contributed by atoms with Crippen LogP contribution in [-0.4, -0.2) is 34.2 Å². The van der Waals surface area contributed by atoms with Crippen molar-refractivity contribution in [3.63, 3.8) is 0 Å². The normalized spacial score (nSPS) is 21.1. The van der Waals surface area contributed by atoms with Crippen LogP contribution in [-0.2, 0) is 19.2 Å². The molecule has 1 amide bonds. The molecule has 44 heavy (non-hydrogen) atoms. The van der Waals surface area contributed by atoms with Crippen LogP contribution in [0.3, 0.4) is 0 Å². The van der Waals surface area contributed by atoms with E-state index in [2.05, 4.69) is 5.32 Å². The van der Waals surface area contributed by atoms with E-state index in [4.69, 9.17) is 27.9 Å². The molecule has 0 bridgehead atoms. The zero-order valence-electron chi connectivity index (χ0n) is 25.0. The first-order valence-corrected chi connectivity index (χ1v) is 14.9. The second kappa shape index (κ2) is 13.1. The number of benzene rings is 3. The van der Waals surface area contributed by atoms with Crippen molar-refractivity contribution < 1.29 is 33.4 Å². The number of aliphatic carboxylic acids is 1. The maximum Gasteiger partial charge on any atom is 0.347 e. The standard InChI is InChI=1S/C34H34Cl2FNO6/c1-17-6-9-22(37)14-24(17)32-23-10-7-20(35)12-26(23)18(2)25(19(3)39)15-29(40)27(16-31(41)38-32)28-13-21(36)8-11-30(28)44-34(4,5)33(42)43/h6-14,18,25,27,32H,15-16H2,1-5H3,(H,38,41)(H,42,43). The summed E-state index contributed by atoms with van der Waals surface area (Å²) >= 11 is 12.8. The topological polar surface area (TPSA) is 110 Å². The molecule has 4 rings (SSSR count). The first-order chi connectivity index (χ1) is 20.6. The zero-order chi connectivity index (χ0) is 32.5. The lowest BCUT2D eigenvalue weighted by Crippen LogP contribution is -2.38. The quantitative estimate of drug-likeness (QED) is 0.291. The Kier molecular flexibility index (Phi) is 9.86. The number of hydrogen-bond acceptors (Lipinski definition) is 5. The number of carbonyl (C=O) groups is 4. The van der Waals surface area contributed by atoms with E-state index < -0.39 is 52.9 Å². The number of ketones is 2. The molecule has 3 aromatic rings. The van der Waals surface area contributed by atoms with E-state index in [0.717, 1.165) is 5.56 Å². The highest BCUT2D eigenvalue weighted by molar-refractivity contribution is 6.31. The van der Waals surface area contributed by atoms with Gasteiger partial charge in [-0.25, -0.2) is 9.18 Å². The van der Waals surface area contributed by atoms with Crippen LogP contribution in [0.2, 0.25) is 10.0 Å². The molecular weight excluding hydrogens is 608 g/mol. The van der Waals surface area contributed by atoms with Gasteiger partial charge in [0.2, 0.25) is 5.91 Å². The summed E-state index contributed by atoms with van der Waals surface area (Å²) in [4.78, 5) is 53.0. The number of carbonyl (C=O) groups excluding carboxylic acids is 3. The molecule has 0 spiro atoms. The van der Waals surface area contributed by atoms with Gasteiger partial charge in [-0.15, -0.1) is 0 Å². The Morgan fingerprint density at radius 3 is 2.20 bits per heavy atom. The third-order valence-corrected chi connectivity index (χ3v) is 8.73. The number of carboxylic acid groups (broad SMARTS) is 1. The highest BCUT2D eigenvalue weighted by atomic mass is 35.5. The van der Waals surface area contributed by atoms with Crippen molar-refractivity contribution in [3.8, 4) is 5.75 Å². The molecule has 1 heterocycles. The second-order valence-corrected chi connectivity index (χ2v) is 12.7. The number of Topliss-reactive ketones (excluding diaryl/α,β-unsaturated/α-hetero) is 2. The number of nitrogens with one attached hydrogen (secondary N) is 1. The number of halogens is 3. The molecular formula is C34H34Cl2FNO6. The maximum absolute atomic E-state index is 14.6. The minimum atomic E-state index is -1.67. The van der Waals surface area contributed by atoms with E-state index in [-0.39, 0.29) is 35.0 Å². The fraction of sp³-hybridized carbons (Fsp3) is 0.353. The van der Waals surface area contributed by atoms with Crippen molar-refractivity contribution in [1.29, 1.82) is 0 Å². The van der Waals surface area contributed by atoms with Crippen molar-refractivity contribution in [2.45, 2.75) is 70.9 Å². The summed E-state index contributed by atoms with van der Waals surface area (Å²) in [5.74, 6) is -5.28. The van der Waals surface area contributed by atoms with Crippen molar-refractivity contribution >= 4 is 46.6 Å². The Balaban J connectivity index is 1.93. The van der Waals surface area contributed by atoms with Gasteiger partial charge in [-0.1, -0.05) is 42.3 Å². The smallest absolute Gasteiger partial charge is 0.347 e. The van der Waals surface area contributed by atoms with Crippen molar-refractivity contribution in [2.24, 2.45) is 5.92 Å². The molecule has 4 atom stereocenters. The molecule has 0 aromatic heterocycles. The molecule has 0 saturated heterocycles. The number of carboxylic acids is 1. The van der Waals surface area contributed by atoms with E-state index in [1.54, 1.807) is 31.2 Å². The van der Waals surface area contributed by atoms with Crippen LogP contribution in [0.5, 0.6) is 5.75 Å². The van der Waals surface area contributed by atoms with Gasteiger partial charge < -0.3 is 15.2 Å². The van der Waals surface area contributed by atoms with E-state index in [1.165, 1.54) is 51.1 Å². The Hall–Kier alpha value is -3.75. The Bertz CT molecular complexity index is 1640. The number of fused-ring (bicyclic) bond motifs is 1. The summed E-state index contributed by atoms with van der Waals surface area (Å²) in [5, 5.41) is 13.3. The monoisotopic (exact) mass is 641 g/mol. The largest absolute Gasteiger partial charge is 0.478 e. The van der Waals surface area contributed by atoms with Crippen LogP contribution >= 0.6 is 23.2 Å². The fourth-order valence-electron chi connectivity index (χ4n) is 5.70. The first kappa shape index (κ1) is 33.1. The molecule has 7 nitrogen and oxygen atoms in total. The maximum atomic E-state index is 14.6.